The molecule has 0 aliphatic heterocycles. The molecule has 1 fully saturated rings. The number of nitrogens with two attached hydrogens (primary N) is 1. The van der Waals surface area contributed by atoms with Crippen molar-refractivity contribution in [2.24, 2.45) is 12.8 Å². The Kier molecular flexibility index (Phi) is 5.05. The Balaban J connectivity index is 2.10. The van der Waals surface area contributed by atoms with Crippen LogP contribution in [0.1, 0.15) is 44.9 Å². The lowest BCUT2D eigenvalue weighted by molar-refractivity contribution is 0.505. The van der Waals surface area contributed by atoms with Gasteiger partial charge in [0.15, 0.2) is 0 Å². The molecule has 0 radical (unpaired) electrons. The molecule has 1 aliphatic carbocycles. The molecule has 0 bridgehead atoms. The average Bonchev–Trinajstić information content (AvgIpc) is 2.65. The van der Waals surface area contributed by atoms with Crippen LogP contribution in [0.2, 0.25) is 0 Å². The van der Waals surface area contributed by atoms with Crippen LogP contribution in [0.3, 0.4) is 0 Å². The predicted octanol–water partition coefficient (Wildman–Crippen LogP) is 2.30. The van der Waals surface area contributed by atoms with Gasteiger partial charge in [0, 0.05) is 32.0 Å². The van der Waals surface area contributed by atoms with Gasteiger partial charge in [-0.3, -0.25) is 0 Å². The zero-order valence-corrected chi connectivity index (χ0v) is 11.5. The first-order chi connectivity index (χ1) is 8.83. The molecule has 0 unspecified atom stereocenters. The zero-order valence-electron chi connectivity index (χ0n) is 11.5. The minimum absolute atomic E-state index is 0.653. The van der Waals surface area contributed by atoms with E-state index >= 15 is 0 Å². The summed E-state index contributed by atoms with van der Waals surface area (Å²) in [6, 6.07) is 0.653. The summed E-state index contributed by atoms with van der Waals surface area (Å²) >= 11 is 0. The van der Waals surface area contributed by atoms with Crippen molar-refractivity contribution in [1.82, 2.24) is 9.55 Å². The predicted molar refractivity (Wildman–Crippen MR) is 75.7 cm³/mol. The Morgan fingerprint density at radius 2 is 2.06 bits per heavy atom. The third kappa shape index (κ3) is 3.25. The molecule has 4 nitrogen and oxygen atoms in total. The van der Waals surface area contributed by atoms with Gasteiger partial charge in [0.2, 0.25) is 5.95 Å². The van der Waals surface area contributed by atoms with Crippen LogP contribution in [0.15, 0.2) is 12.4 Å². The van der Waals surface area contributed by atoms with Crippen LogP contribution in [-0.4, -0.2) is 28.7 Å². The molecule has 0 saturated heterocycles. The fourth-order valence-electron chi connectivity index (χ4n) is 2.91. The lowest BCUT2D eigenvalue weighted by atomic mass is 10.1. The van der Waals surface area contributed by atoms with Crippen molar-refractivity contribution in [2.75, 3.05) is 18.0 Å². The van der Waals surface area contributed by atoms with E-state index in [0.717, 1.165) is 25.5 Å². The number of aryl methyl sites for hydroxylation is 1. The molecule has 18 heavy (non-hydrogen) atoms. The van der Waals surface area contributed by atoms with Gasteiger partial charge in [-0.05, 0) is 25.8 Å². The van der Waals surface area contributed by atoms with Crippen LogP contribution in [-0.2, 0) is 7.05 Å². The third-order valence-corrected chi connectivity index (χ3v) is 3.92. The van der Waals surface area contributed by atoms with E-state index in [2.05, 4.69) is 21.5 Å². The smallest absolute Gasteiger partial charge is 0.205 e. The maximum atomic E-state index is 5.67. The molecule has 0 atom stereocenters. The molecule has 1 aromatic heterocycles. The fraction of sp³-hybridized carbons (Fsp3) is 0.786. The van der Waals surface area contributed by atoms with E-state index in [9.17, 15) is 0 Å². The number of rotatable bonds is 5. The Bertz CT molecular complexity index is 339. The summed E-state index contributed by atoms with van der Waals surface area (Å²) in [4.78, 5) is 7.01. The van der Waals surface area contributed by atoms with Crippen molar-refractivity contribution < 1.29 is 0 Å². The van der Waals surface area contributed by atoms with Gasteiger partial charge in [0.25, 0.3) is 0 Å². The lowest BCUT2D eigenvalue weighted by Crippen LogP contribution is -2.38. The van der Waals surface area contributed by atoms with E-state index in [4.69, 9.17) is 5.73 Å². The normalized spacial score (nSPS) is 17.7. The van der Waals surface area contributed by atoms with E-state index in [1.165, 1.54) is 38.5 Å². The van der Waals surface area contributed by atoms with Crippen LogP contribution >= 0.6 is 0 Å². The SMILES string of the molecule is Cn1ccnc1N(CCCN)C1CCCCCC1. The zero-order chi connectivity index (χ0) is 12.8. The van der Waals surface area contributed by atoms with Crippen molar-refractivity contribution in [3.8, 4) is 0 Å². The minimum atomic E-state index is 0.653. The maximum absolute atomic E-state index is 5.67. The van der Waals surface area contributed by atoms with Crippen LogP contribution in [0.4, 0.5) is 5.95 Å². The molecule has 1 aromatic rings. The highest BCUT2D eigenvalue weighted by Gasteiger charge is 2.22. The highest BCUT2D eigenvalue weighted by Crippen LogP contribution is 2.25. The molecule has 0 aromatic carbocycles. The van der Waals surface area contributed by atoms with Crippen molar-refractivity contribution in [1.29, 1.82) is 0 Å². The molecule has 1 heterocycles. The van der Waals surface area contributed by atoms with Crippen molar-refractivity contribution in [3.05, 3.63) is 12.4 Å². The van der Waals surface area contributed by atoms with Gasteiger partial charge >= 0.3 is 0 Å². The van der Waals surface area contributed by atoms with Gasteiger partial charge in [0.05, 0.1) is 0 Å². The Hall–Kier alpha value is -1.03. The standard InChI is InChI=1S/C14H26N4/c1-17-12-10-16-14(17)18(11-6-9-15)13-7-4-2-3-5-8-13/h10,12-13H,2-9,11,15H2,1H3. The van der Waals surface area contributed by atoms with Crippen LogP contribution in [0, 0.1) is 0 Å². The summed E-state index contributed by atoms with van der Waals surface area (Å²) in [6.45, 7) is 1.79. The third-order valence-electron chi connectivity index (χ3n) is 3.92. The average molecular weight is 250 g/mol. The first-order valence-corrected chi connectivity index (χ1v) is 7.27. The van der Waals surface area contributed by atoms with Gasteiger partial charge in [-0.2, -0.15) is 0 Å². The molecule has 0 spiro atoms. The summed E-state index contributed by atoms with van der Waals surface area (Å²) in [6.07, 6.45) is 13.1. The van der Waals surface area contributed by atoms with Gasteiger partial charge in [-0.15, -0.1) is 0 Å². The molecule has 0 amide bonds. The first kappa shape index (κ1) is 13.4. The second kappa shape index (κ2) is 6.78. The summed E-state index contributed by atoms with van der Waals surface area (Å²) in [5.74, 6) is 1.11. The quantitative estimate of drug-likeness (QED) is 0.816. The fourth-order valence-corrected chi connectivity index (χ4v) is 2.91. The highest BCUT2D eigenvalue weighted by molar-refractivity contribution is 5.32. The largest absolute Gasteiger partial charge is 0.339 e. The van der Waals surface area contributed by atoms with Crippen molar-refractivity contribution in [3.63, 3.8) is 0 Å². The van der Waals surface area contributed by atoms with E-state index in [-0.39, 0.29) is 0 Å². The van der Waals surface area contributed by atoms with E-state index < -0.39 is 0 Å². The monoisotopic (exact) mass is 250 g/mol. The Morgan fingerprint density at radius 1 is 1.33 bits per heavy atom. The number of imidazole rings is 1. The van der Waals surface area contributed by atoms with E-state index in [1.807, 2.05) is 12.4 Å². The number of anilines is 1. The van der Waals surface area contributed by atoms with Crippen LogP contribution in [0.5, 0.6) is 0 Å². The molecule has 1 aliphatic rings. The first-order valence-electron chi connectivity index (χ1n) is 7.27. The van der Waals surface area contributed by atoms with Gasteiger partial charge in [0.1, 0.15) is 0 Å². The van der Waals surface area contributed by atoms with Gasteiger partial charge < -0.3 is 15.2 Å². The van der Waals surface area contributed by atoms with Gasteiger partial charge in [-0.1, -0.05) is 25.7 Å². The molecule has 1 saturated carbocycles. The lowest BCUT2D eigenvalue weighted by Gasteiger charge is -2.32. The number of hydrogen-bond acceptors (Lipinski definition) is 3. The second-order valence-electron chi connectivity index (χ2n) is 5.32. The summed E-state index contributed by atoms with van der Waals surface area (Å²) in [7, 11) is 2.08. The molecule has 2 N–H and O–H groups in total. The highest BCUT2D eigenvalue weighted by atomic mass is 15.3. The number of nitrogens with zero attached hydrogens (tertiary/aromatic N) is 3. The molecule has 2 rings (SSSR count). The van der Waals surface area contributed by atoms with Crippen LogP contribution < -0.4 is 10.6 Å². The molecular weight excluding hydrogens is 224 g/mol. The van der Waals surface area contributed by atoms with E-state index in [0.29, 0.717) is 6.04 Å². The summed E-state index contributed by atoms with van der Waals surface area (Å²) in [5, 5.41) is 0. The van der Waals surface area contributed by atoms with E-state index in [1.54, 1.807) is 0 Å². The Morgan fingerprint density at radius 3 is 2.61 bits per heavy atom. The molecule has 102 valence electrons. The van der Waals surface area contributed by atoms with Crippen molar-refractivity contribution >= 4 is 5.95 Å². The Labute approximate surface area is 110 Å². The minimum Gasteiger partial charge on any atom is -0.339 e. The summed E-state index contributed by atoms with van der Waals surface area (Å²) < 4.78 is 2.13. The molecule has 4 heteroatoms. The van der Waals surface area contributed by atoms with Crippen molar-refractivity contribution in [2.45, 2.75) is 51.0 Å². The topological polar surface area (TPSA) is 47.1 Å². The number of hydrogen-bond donors (Lipinski definition) is 1. The summed E-state index contributed by atoms with van der Waals surface area (Å²) in [5.41, 5.74) is 5.67. The maximum Gasteiger partial charge on any atom is 0.205 e. The second-order valence-corrected chi connectivity index (χ2v) is 5.32. The number of aromatic nitrogens is 2. The molecular formula is C14H26N4. The van der Waals surface area contributed by atoms with Crippen LogP contribution in [0.25, 0.3) is 0 Å². The van der Waals surface area contributed by atoms with Gasteiger partial charge in [-0.25, -0.2) is 4.98 Å².